The van der Waals surface area contributed by atoms with E-state index in [2.05, 4.69) is 20.6 Å². The fourth-order valence-corrected chi connectivity index (χ4v) is 2.47. The molecule has 0 bridgehead atoms. The molecule has 7 heteroatoms. The number of hydrogen-bond donors (Lipinski definition) is 2. The highest BCUT2D eigenvalue weighted by atomic mass is 32.2. The number of benzene rings is 1. The molecule has 0 radical (unpaired) electrons. The topological polar surface area (TPSA) is 84.0 Å². The Morgan fingerprint density at radius 3 is 2.29 bits per heavy atom. The molecule has 0 aliphatic heterocycles. The van der Waals surface area contributed by atoms with Gasteiger partial charge < -0.3 is 10.6 Å². The van der Waals surface area contributed by atoms with E-state index in [4.69, 9.17) is 0 Å². The molecule has 0 saturated heterocycles. The molecule has 0 aliphatic rings. The summed E-state index contributed by atoms with van der Waals surface area (Å²) in [4.78, 5) is 8.67. The molecule has 1 aromatic carbocycles. The molecular formula is C14H18N4O2S. The molecule has 0 fully saturated rings. The minimum atomic E-state index is -3.18. The number of hydrogen-bond acceptors (Lipinski definition) is 6. The Labute approximate surface area is 124 Å². The van der Waals surface area contributed by atoms with Crippen molar-refractivity contribution in [3.05, 3.63) is 36.2 Å². The van der Waals surface area contributed by atoms with Crippen LogP contribution in [0.5, 0.6) is 0 Å². The SMILES string of the molecule is CCNc1ncnc(Nc2ccc(S(C)(=O)=O)cc2)c1C. The first-order chi connectivity index (χ1) is 9.91. The van der Waals surface area contributed by atoms with E-state index in [0.717, 1.165) is 23.6 Å². The summed E-state index contributed by atoms with van der Waals surface area (Å²) in [6.45, 7) is 4.70. The highest BCUT2D eigenvalue weighted by Gasteiger charge is 2.08. The smallest absolute Gasteiger partial charge is 0.175 e. The van der Waals surface area contributed by atoms with E-state index in [1.54, 1.807) is 24.3 Å². The van der Waals surface area contributed by atoms with Crippen molar-refractivity contribution >= 4 is 27.2 Å². The number of sulfone groups is 1. The lowest BCUT2D eigenvalue weighted by molar-refractivity contribution is 0.602. The molecule has 0 aliphatic carbocycles. The zero-order valence-corrected chi connectivity index (χ0v) is 13.0. The van der Waals surface area contributed by atoms with Crippen LogP contribution in [-0.4, -0.2) is 31.2 Å². The Morgan fingerprint density at radius 1 is 1.10 bits per heavy atom. The van der Waals surface area contributed by atoms with Crippen LogP contribution in [0, 0.1) is 6.92 Å². The second kappa shape index (κ2) is 6.09. The fraction of sp³-hybridized carbons (Fsp3) is 0.286. The summed E-state index contributed by atoms with van der Waals surface area (Å²) < 4.78 is 22.8. The highest BCUT2D eigenvalue weighted by molar-refractivity contribution is 7.90. The lowest BCUT2D eigenvalue weighted by Crippen LogP contribution is -2.05. The number of nitrogens with zero attached hydrogens (tertiary/aromatic N) is 2. The molecule has 0 atom stereocenters. The van der Waals surface area contributed by atoms with Gasteiger partial charge in [0.05, 0.1) is 4.90 Å². The van der Waals surface area contributed by atoms with E-state index in [-0.39, 0.29) is 0 Å². The zero-order chi connectivity index (χ0) is 15.5. The summed E-state index contributed by atoms with van der Waals surface area (Å²) in [6.07, 6.45) is 2.67. The van der Waals surface area contributed by atoms with E-state index < -0.39 is 9.84 Å². The van der Waals surface area contributed by atoms with Gasteiger partial charge in [-0.25, -0.2) is 18.4 Å². The van der Waals surface area contributed by atoms with E-state index in [1.807, 2.05) is 13.8 Å². The number of rotatable bonds is 5. The molecule has 6 nitrogen and oxygen atoms in total. The molecule has 112 valence electrons. The Balaban J connectivity index is 2.24. The van der Waals surface area contributed by atoms with Gasteiger partial charge in [0, 0.05) is 24.1 Å². The van der Waals surface area contributed by atoms with Crippen LogP contribution in [0.25, 0.3) is 0 Å². The van der Waals surface area contributed by atoms with Crippen molar-refractivity contribution in [3.8, 4) is 0 Å². The van der Waals surface area contributed by atoms with Gasteiger partial charge in [-0.3, -0.25) is 0 Å². The minimum Gasteiger partial charge on any atom is -0.370 e. The zero-order valence-electron chi connectivity index (χ0n) is 12.2. The van der Waals surface area contributed by atoms with Crippen LogP contribution in [0.1, 0.15) is 12.5 Å². The summed E-state index contributed by atoms with van der Waals surface area (Å²) in [7, 11) is -3.18. The summed E-state index contributed by atoms with van der Waals surface area (Å²) >= 11 is 0. The number of aromatic nitrogens is 2. The van der Waals surface area contributed by atoms with Gasteiger partial charge in [-0.05, 0) is 38.1 Å². The summed E-state index contributed by atoms with van der Waals surface area (Å²) in [5.74, 6) is 1.47. The van der Waals surface area contributed by atoms with Gasteiger partial charge in [-0.1, -0.05) is 0 Å². The van der Waals surface area contributed by atoms with Crippen LogP contribution in [0.3, 0.4) is 0 Å². The van der Waals surface area contributed by atoms with Crippen LogP contribution in [0.2, 0.25) is 0 Å². The van der Waals surface area contributed by atoms with Gasteiger partial charge >= 0.3 is 0 Å². The predicted octanol–water partition coefficient (Wildman–Crippen LogP) is 2.36. The number of nitrogens with one attached hydrogen (secondary N) is 2. The molecule has 2 rings (SSSR count). The third kappa shape index (κ3) is 3.69. The fourth-order valence-electron chi connectivity index (χ4n) is 1.84. The first-order valence-corrected chi connectivity index (χ1v) is 8.43. The lowest BCUT2D eigenvalue weighted by atomic mass is 10.2. The average molecular weight is 306 g/mol. The van der Waals surface area contributed by atoms with E-state index in [0.29, 0.717) is 10.7 Å². The monoisotopic (exact) mass is 306 g/mol. The van der Waals surface area contributed by atoms with Crippen molar-refractivity contribution in [1.29, 1.82) is 0 Å². The molecule has 2 aromatic rings. The predicted molar refractivity (Wildman–Crippen MR) is 83.8 cm³/mol. The lowest BCUT2D eigenvalue weighted by Gasteiger charge is -2.12. The maximum Gasteiger partial charge on any atom is 0.175 e. The summed E-state index contributed by atoms with van der Waals surface area (Å²) in [6, 6.07) is 6.56. The summed E-state index contributed by atoms with van der Waals surface area (Å²) in [5, 5.41) is 6.32. The molecule has 1 heterocycles. The molecule has 0 saturated carbocycles. The van der Waals surface area contributed by atoms with Crippen LogP contribution in [0.4, 0.5) is 17.3 Å². The van der Waals surface area contributed by atoms with Crippen LogP contribution < -0.4 is 10.6 Å². The Kier molecular flexibility index (Phi) is 4.42. The van der Waals surface area contributed by atoms with Crippen LogP contribution in [-0.2, 0) is 9.84 Å². The van der Waals surface area contributed by atoms with Crippen molar-refractivity contribution < 1.29 is 8.42 Å². The van der Waals surface area contributed by atoms with Gasteiger partial charge in [0.2, 0.25) is 0 Å². The molecule has 1 aromatic heterocycles. The van der Waals surface area contributed by atoms with Crippen molar-refractivity contribution in [2.45, 2.75) is 18.7 Å². The first-order valence-electron chi connectivity index (χ1n) is 6.54. The van der Waals surface area contributed by atoms with Gasteiger partial charge in [0.1, 0.15) is 18.0 Å². The largest absolute Gasteiger partial charge is 0.370 e. The third-order valence-electron chi connectivity index (χ3n) is 2.97. The number of anilines is 3. The van der Waals surface area contributed by atoms with Crippen LogP contribution >= 0.6 is 0 Å². The van der Waals surface area contributed by atoms with Gasteiger partial charge in [0.15, 0.2) is 9.84 Å². The van der Waals surface area contributed by atoms with E-state index in [9.17, 15) is 8.42 Å². The maximum absolute atomic E-state index is 11.4. The van der Waals surface area contributed by atoms with Crippen LogP contribution in [0.15, 0.2) is 35.5 Å². The van der Waals surface area contributed by atoms with Crippen molar-refractivity contribution in [2.24, 2.45) is 0 Å². The molecule has 2 N–H and O–H groups in total. The molecular weight excluding hydrogens is 288 g/mol. The Hall–Kier alpha value is -2.15. The van der Waals surface area contributed by atoms with E-state index in [1.165, 1.54) is 12.6 Å². The Morgan fingerprint density at radius 2 is 1.71 bits per heavy atom. The van der Waals surface area contributed by atoms with Gasteiger partial charge in [-0.2, -0.15) is 0 Å². The van der Waals surface area contributed by atoms with Crippen molar-refractivity contribution in [2.75, 3.05) is 23.4 Å². The minimum absolute atomic E-state index is 0.292. The maximum atomic E-state index is 11.4. The molecule has 0 spiro atoms. The standard InChI is InChI=1S/C14H18N4O2S/c1-4-15-13-10(2)14(17-9-16-13)18-11-5-7-12(8-6-11)21(3,19)20/h5-9H,4H2,1-3H3,(H2,15,16,17,18). The second-order valence-corrected chi connectivity index (χ2v) is 6.66. The third-order valence-corrected chi connectivity index (χ3v) is 4.10. The molecule has 21 heavy (non-hydrogen) atoms. The molecule has 0 unspecified atom stereocenters. The second-order valence-electron chi connectivity index (χ2n) is 4.65. The summed E-state index contributed by atoms with van der Waals surface area (Å²) in [5.41, 5.74) is 1.68. The van der Waals surface area contributed by atoms with E-state index >= 15 is 0 Å². The Bertz CT molecular complexity index is 727. The van der Waals surface area contributed by atoms with Crippen molar-refractivity contribution in [1.82, 2.24) is 9.97 Å². The quantitative estimate of drug-likeness (QED) is 0.882. The van der Waals surface area contributed by atoms with Crippen molar-refractivity contribution in [3.63, 3.8) is 0 Å². The van der Waals surface area contributed by atoms with Gasteiger partial charge in [0.25, 0.3) is 0 Å². The van der Waals surface area contributed by atoms with Gasteiger partial charge in [-0.15, -0.1) is 0 Å². The normalized spacial score (nSPS) is 11.2. The highest BCUT2D eigenvalue weighted by Crippen LogP contribution is 2.23. The average Bonchev–Trinajstić information content (AvgIpc) is 2.43. The molecule has 0 amide bonds. The first kappa shape index (κ1) is 15.2.